The van der Waals surface area contributed by atoms with Crippen LogP contribution in [0.4, 0.5) is 0 Å². The third-order valence-corrected chi connectivity index (χ3v) is 5.90. The number of carbonyl (C=O) groups is 3. The molecule has 1 N–H and O–H groups in total. The van der Waals surface area contributed by atoms with Gasteiger partial charge in [0.2, 0.25) is 0 Å². The van der Waals surface area contributed by atoms with E-state index in [-0.39, 0.29) is 11.1 Å². The highest BCUT2D eigenvalue weighted by molar-refractivity contribution is 6.23. The summed E-state index contributed by atoms with van der Waals surface area (Å²) < 4.78 is 0. The number of imide groups is 1. The van der Waals surface area contributed by atoms with Gasteiger partial charge in [-0.3, -0.25) is 14.5 Å². The molecule has 1 aliphatic heterocycles. The number of amides is 2. The first-order chi connectivity index (χ1) is 14.9. The highest BCUT2D eigenvalue weighted by atomic mass is 16.4. The van der Waals surface area contributed by atoms with E-state index in [2.05, 4.69) is 6.58 Å². The molecule has 0 unspecified atom stereocenters. The first kappa shape index (κ1) is 20.3. The lowest BCUT2D eigenvalue weighted by Crippen LogP contribution is -2.58. The molecule has 0 fully saturated rings. The Hall–Kier alpha value is -3.99. The number of rotatable bonds is 6. The lowest BCUT2D eigenvalue weighted by atomic mass is 9.72. The molecule has 4 rings (SSSR count). The number of benzene rings is 3. The minimum absolute atomic E-state index is 0.196. The average molecular weight is 411 g/mol. The van der Waals surface area contributed by atoms with Crippen molar-refractivity contribution in [2.45, 2.75) is 18.4 Å². The van der Waals surface area contributed by atoms with Crippen LogP contribution in [0.2, 0.25) is 0 Å². The van der Waals surface area contributed by atoms with E-state index in [1.165, 1.54) is 6.08 Å². The van der Waals surface area contributed by atoms with Crippen LogP contribution in [-0.2, 0) is 10.3 Å². The Balaban J connectivity index is 2.07. The van der Waals surface area contributed by atoms with E-state index < -0.39 is 29.2 Å². The van der Waals surface area contributed by atoms with Crippen LogP contribution in [0.1, 0.15) is 43.3 Å². The number of fused-ring (bicyclic) bond motifs is 1. The van der Waals surface area contributed by atoms with Crippen molar-refractivity contribution >= 4 is 17.8 Å². The van der Waals surface area contributed by atoms with Gasteiger partial charge in [0.1, 0.15) is 0 Å². The van der Waals surface area contributed by atoms with Crippen molar-refractivity contribution in [1.29, 1.82) is 0 Å². The number of carbonyl (C=O) groups excluding carboxylic acids is 2. The summed E-state index contributed by atoms with van der Waals surface area (Å²) in [6.07, 6.45) is 1.51. The molecular formula is C26H21NO4. The molecule has 5 nitrogen and oxygen atoms in total. The minimum Gasteiger partial charge on any atom is -0.479 e. The van der Waals surface area contributed by atoms with E-state index >= 15 is 0 Å². The van der Waals surface area contributed by atoms with E-state index in [0.29, 0.717) is 11.1 Å². The lowest BCUT2D eigenvalue weighted by molar-refractivity contribution is -0.150. The monoisotopic (exact) mass is 411 g/mol. The molecule has 0 saturated carbocycles. The number of nitrogens with zero attached hydrogens (tertiary/aromatic N) is 1. The molecule has 0 aliphatic carbocycles. The second kappa shape index (κ2) is 7.69. The molecule has 154 valence electrons. The Morgan fingerprint density at radius 2 is 1.42 bits per heavy atom. The van der Waals surface area contributed by atoms with Crippen molar-refractivity contribution in [2.75, 3.05) is 0 Å². The highest BCUT2D eigenvalue weighted by Gasteiger charge is 2.59. The summed E-state index contributed by atoms with van der Waals surface area (Å²) in [7, 11) is 0. The molecule has 0 saturated heterocycles. The van der Waals surface area contributed by atoms with Gasteiger partial charge in [-0.2, -0.15) is 0 Å². The Labute approximate surface area is 180 Å². The SMILES string of the molecule is C=C[C@H](c1ccccc1C)[C@@](C(=O)O)(c1ccccc1)N1C(=O)c2ccccc2C1=O. The predicted molar refractivity (Wildman–Crippen MR) is 117 cm³/mol. The van der Waals surface area contributed by atoms with Gasteiger partial charge in [-0.1, -0.05) is 72.8 Å². The maximum atomic E-state index is 13.5. The molecule has 2 amide bonds. The van der Waals surface area contributed by atoms with Gasteiger partial charge in [-0.05, 0) is 35.7 Å². The first-order valence-electron chi connectivity index (χ1n) is 9.89. The second-order valence-electron chi connectivity index (χ2n) is 7.50. The Kier molecular flexibility index (Phi) is 5.03. The summed E-state index contributed by atoms with van der Waals surface area (Å²) in [6, 6.07) is 22.2. The van der Waals surface area contributed by atoms with Crippen LogP contribution in [0.15, 0.2) is 91.5 Å². The molecule has 0 radical (unpaired) electrons. The van der Waals surface area contributed by atoms with Gasteiger partial charge in [-0.25, -0.2) is 4.79 Å². The van der Waals surface area contributed by atoms with Gasteiger partial charge < -0.3 is 5.11 Å². The molecule has 1 heterocycles. The summed E-state index contributed by atoms with van der Waals surface area (Å²) in [5.74, 6) is -3.45. The number of carboxylic acid groups (broad SMARTS) is 1. The summed E-state index contributed by atoms with van der Waals surface area (Å²) in [4.78, 5) is 41.0. The Bertz CT molecular complexity index is 1170. The van der Waals surface area contributed by atoms with Crippen molar-refractivity contribution in [3.8, 4) is 0 Å². The normalized spacial score (nSPS) is 15.8. The molecule has 0 spiro atoms. The third kappa shape index (κ3) is 2.89. The predicted octanol–water partition coefficient (Wildman–Crippen LogP) is 4.54. The highest BCUT2D eigenvalue weighted by Crippen LogP contribution is 2.47. The van der Waals surface area contributed by atoms with Crippen LogP contribution in [-0.4, -0.2) is 27.8 Å². The molecule has 0 bridgehead atoms. The molecule has 31 heavy (non-hydrogen) atoms. The molecule has 3 aromatic carbocycles. The summed E-state index contributed by atoms with van der Waals surface area (Å²) in [6.45, 7) is 5.78. The fraction of sp³-hybridized carbons (Fsp3) is 0.115. The van der Waals surface area contributed by atoms with E-state index in [9.17, 15) is 19.5 Å². The zero-order chi connectivity index (χ0) is 22.2. The molecule has 3 aromatic rings. The summed E-state index contributed by atoms with van der Waals surface area (Å²) in [5.41, 5.74) is 0.224. The van der Waals surface area contributed by atoms with Gasteiger partial charge in [0.05, 0.1) is 11.1 Å². The fourth-order valence-electron chi connectivity index (χ4n) is 4.46. The van der Waals surface area contributed by atoms with Crippen LogP contribution < -0.4 is 0 Å². The smallest absolute Gasteiger partial charge is 0.335 e. The molecule has 1 aliphatic rings. The van der Waals surface area contributed by atoms with Crippen LogP contribution in [0.25, 0.3) is 0 Å². The zero-order valence-electron chi connectivity index (χ0n) is 17.0. The lowest BCUT2D eigenvalue weighted by Gasteiger charge is -2.42. The Morgan fingerprint density at radius 1 is 0.903 bits per heavy atom. The van der Waals surface area contributed by atoms with Crippen molar-refractivity contribution in [2.24, 2.45) is 0 Å². The van der Waals surface area contributed by atoms with E-state index in [1.807, 2.05) is 19.1 Å². The third-order valence-electron chi connectivity index (χ3n) is 5.90. The summed E-state index contributed by atoms with van der Waals surface area (Å²) >= 11 is 0. The van der Waals surface area contributed by atoms with Crippen molar-refractivity contribution in [1.82, 2.24) is 4.90 Å². The van der Waals surface area contributed by atoms with Gasteiger partial charge in [0, 0.05) is 5.92 Å². The van der Waals surface area contributed by atoms with Gasteiger partial charge in [0.25, 0.3) is 11.8 Å². The number of carboxylic acids is 1. The van der Waals surface area contributed by atoms with Crippen LogP contribution in [0.3, 0.4) is 0 Å². The van der Waals surface area contributed by atoms with Crippen molar-refractivity contribution in [3.63, 3.8) is 0 Å². The average Bonchev–Trinajstić information content (AvgIpc) is 3.04. The van der Waals surface area contributed by atoms with Gasteiger partial charge in [-0.15, -0.1) is 6.58 Å². The fourth-order valence-corrected chi connectivity index (χ4v) is 4.46. The standard InChI is InChI=1S/C26H21NO4/c1-3-22(19-14-8-7-11-17(19)2)26(25(30)31,18-12-5-4-6-13-18)27-23(28)20-15-9-10-16-21(20)24(27)29/h3-16,22H,1H2,2H3,(H,30,31)/t22-,26-/m1/s1. The van der Waals surface area contributed by atoms with E-state index in [1.54, 1.807) is 66.7 Å². The quantitative estimate of drug-likeness (QED) is 0.477. The van der Waals surface area contributed by atoms with Crippen molar-refractivity contribution in [3.05, 3.63) is 119 Å². The Morgan fingerprint density at radius 3 is 1.94 bits per heavy atom. The van der Waals surface area contributed by atoms with E-state index in [4.69, 9.17) is 0 Å². The number of hydrogen-bond acceptors (Lipinski definition) is 3. The van der Waals surface area contributed by atoms with Gasteiger partial charge >= 0.3 is 5.97 Å². The largest absolute Gasteiger partial charge is 0.479 e. The number of aryl methyl sites for hydroxylation is 1. The molecule has 5 heteroatoms. The topological polar surface area (TPSA) is 74.7 Å². The van der Waals surface area contributed by atoms with Crippen LogP contribution in [0.5, 0.6) is 0 Å². The van der Waals surface area contributed by atoms with Gasteiger partial charge in [0.15, 0.2) is 5.54 Å². The molecular weight excluding hydrogens is 390 g/mol. The van der Waals surface area contributed by atoms with Crippen molar-refractivity contribution < 1.29 is 19.5 Å². The number of hydrogen-bond donors (Lipinski definition) is 1. The maximum Gasteiger partial charge on any atom is 0.335 e. The second-order valence-corrected chi connectivity index (χ2v) is 7.50. The molecule has 0 aromatic heterocycles. The van der Waals surface area contributed by atoms with Crippen LogP contribution >= 0.6 is 0 Å². The summed E-state index contributed by atoms with van der Waals surface area (Å²) in [5, 5.41) is 10.7. The maximum absolute atomic E-state index is 13.5. The molecule has 2 atom stereocenters. The zero-order valence-corrected chi connectivity index (χ0v) is 17.0. The number of aliphatic carboxylic acids is 1. The van der Waals surface area contributed by atoms with E-state index in [0.717, 1.165) is 10.5 Å². The minimum atomic E-state index is -2.01. The van der Waals surface area contributed by atoms with Crippen LogP contribution in [0, 0.1) is 6.92 Å². The first-order valence-corrected chi connectivity index (χ1v) is 9.89.